The molecule has 0 saturated heterocycles. The Hall–Kier alpha value is -3.95. The number of carbonyl (C=O) groups is 2. The number of aliphatic hydroxyl groups is 3. The van der Waals surface area contributed by atoms with E-state index in [0.29, 0.717) is 49.6 Å². The van der Waals surface area contributed by atoms with Crippen LogP contribution in [0.5, 0.6) is 11.5 Å². The molecule has 3 aliphatic rings. The molecule has 2 amide bonds. The van der Waals surface area contributed by atoms with Crippen molar-refractivity contribution in [2.45, 2.75) is 83.0 Å². The molecule has 306 valence electrons. The van der Waals surface area contributed by atoms with Crippen LogP contribution < -0.4 is 14.8 Å². The quantitative estimate of drug-likeness (QED) is 0.0595. The predicted molar refractivity (Wildman–Crippen MR) is 207 cm³/mol. The maximum atomic E-state index is 14.2. The lowest BCUT2D eigenvalue weighted by Gasteiger charge is -2.59. The van der Waals surface area contributed by atoms with Gasteiger partial charge in [-0.25, -0.2) is 9.59 Å². The Labute approximate surface area is 325 Å². The Balaban J connectivity index is 2.01. The topological polar surface area (TPSA) is 178 Å². The molecule has 6 atom stereocenters. The summed E-state index contributed by atoms with van der Waals surface area (Å²) >= 11 is 0. The molecule has 0 bridgehead atoms. The first kappa shape index (κ1) is 43.8. The normalized spacial score (nSPS) is 24.4. The van der Waals surface area contributed by atoms with E-state index in [1.165, 1.54) is 0 Å². The molecule has 14 heteroatoms. The van der Waals surface area contributed by atoms with Crippen LogP contribution in [0, 0.1) is 17.8 Å². The summed E-state index contributed by atoms with van der Waals surface area (Å²) in [5.74, 6) is -1.46. The van der Waals surface area contributed by atoms with Gasteiger partial charge in [-0.15, -0.1) is 13.2 Å². The molecule has 0 aromatic heterocycles. The van der Waals surface area contributed by atoms with E-state index in [9.17, 15) is 24.9 Å². The lowest BCUT2D eigenvalue weighted by atomic mass is 9.55. The van der Waals surface area contributed by atoms with Crippen LogP contribution in [0.25, 0.3) is 0 Å². The smallest absolute Gasteiger partial charge is 0.412 e. The zero-order valence-corrected chi connectivity index (χ0v) is 32.5. The average Bonchev–Trinajstić information content (AvgIpc) is 3.18. The zero-order chi connectivity index (χ0) is 39.6. The van der Waals surface area contributed by atoms with Crippen molar-refractivity contribution >= 4 is 17.9 Å². The number of ether oxygens (including phenoxy) is 5. The van der Waals surface area contributed by atoms with Crippen LogP contribution >= 0.6 is 0 Å². The second-order valence-corrected chi connectivity index (χ2v) is 13.8. The highest BCUT2D eigenvalue weighted by atomic mass is 16.7. The summed E-state index contributed by atoms with van der Waals surface area (Å²) in [6.45, 7) is 12.6. The molecule has 1 aromatic rings. The zero-order valence-electron chi connectivity index (χ0n) is 32.5. The van der Waals surface area contributed by atoms with Crippen molar-refractivity contribution in [3.05, 3.63) is 60.7 Å². The first-order valence-corrected chi connectivity index (χ1v) is 19.7. The molecule has 0 spiro atoms. The molecule has 1 heterocycles. The minimum absolute atomic E-state index is 0.0129. The lowest BCUT2D eigenvalue weighted by Crippen LogP contribution is -2.70. The summed E-state index contributed by atoms with van der Waals surface area (Å²) in [5.41, 5.74) is 2.34. The van der Waals surface area contributed by atoms with Crippen LogP contribution in [-0.4, -0.2) is 116 Å². The molecular weight excluding hydrogens is 710 g/mol. The number of carbonyl (C=O) groups excluding carboxylic acids is 2. The van der Waals surface area contributed by atoms with Gasteiger partial charge < -0.3 is 49.2 Å². The highest BCUT2D eigenvalue weighted by molar-refractivity contribution is 6.03. The molecule has 4 N–H and O–H groups in total. The number of aliphatic hydroxyl groups excluding tert-OH is 3. The number of nitrogens with zero attached hydrogens (tertiary/aromatic N) is 2. The number of hydrogen-bond donors (Lipinski definition) is 4. The third-order valence-electron chi connectivity index (χ3n) is 10.4. The number of unbranched alkanes of at least 4 members (excludes halogenated alkanes) is 2. The van der Waals surface area contributed by atoms with Crippen LogP contribution in [-0.2, 0) is 19.0 Å². The Morgan fingerprint density at radius 2 is 1.82 bits per heavy atom. The van der Waals surface area contributed by atoms with Gasteiger partial charge >= 0.3 is 12.2 Å². The first-order valence-electron chi connectivity index (χ1n) is 19.7. The number of nitrogens with one attached hydrogen (secondary N) is 1. The molecule has 2 aliphatic carbocycles. The Morgan fingerprint density at radius 3 is 2.51 bits per heavy atom. The fraction of sp³-hybridized carbons (Fsp3) is 0.634. The lowest BCUT2D eigenvalue weighted by molar-refractivity contribution is -0.256. The van der Waals surface area contributed by atoms with Gasteiger partial charge in [-0.3, -0.25) is 4.90 Å². The Kier molecular flexibility index (Phi) is 18.0. The van der Waals surface area contributed by atoms with Gasteiger partial charge in [0.2, 0.25) is 5.79 Å². The van der Waals surface area contributed by atoms with E-state index in [2.05, 4.69) is 29.7 Å². The summed E-state index contributed by atoms with van der Waals surface area (Å²) in [6.07, 6.45) is 9.39. The van der Waals surface area contributed by atoms with Gasteiger partial charge in [-0.05, 0) is 81.6 Å². The first-order chi connectivity index (χ1) is 26.8. The van der Waals surface area contributed by atoms with Gasteiger partial charge in [-0.2, -0.15) is 0 Å². The number of allylic oxidation sites excluding steroid dienone is 1. The Morgan fingerprint density at radius 1 is 1.04 bits per heavy atom. The van der Waals surface area contributed by atoms with Crippen molar-refractivity contribution in [2.75, 3.05) is 65.9 Å². The SMILES string of the molecule is C=CCCOC(=O)N(CCOCCO)[C@H]1CC(=NOCC)C2=C[C@H](CCCCO)[C@@H](CCCCO)[C@@H]3c4cc(OC(=O)NCC)ccc4O[C@@]1(OCC=C)[C@H]23. The number of oxime groups is 1. The van der Waals surface area contributed by atoms with Crippen molar-refractivity contribution in [2.24, 2.45) is 22.9 Å². The third-order valence-corrected chi connectivity index (χ3v) is 10.4. The van der Waals surface area contributed by atoms with Crippen molar-refractivity contribution in [3.63, 3.8) is 0 Å². The van der Waals surface area contributed by atoms with Crippen molar-refractivity contribution in [1.82, 2.24) is 10.2 Å². The molecule has 1 aromatic carbocycles. The maximum absolute atomic E-state index is 14.2. The average molecular weight is 772 g/mol. The molecular formula is C41H61N3O11. The van der Waals surface area contributed by atoms with E-state index < -0.39 is 29.9 Å². The number of amides is 2. The van der Waals surface area contributed by atoms with Gasteiger partial charge in [0.25, 0.3) is 0 Å². The number of hydrogen-bond acceptors (Lipinski definition) is 12. The number of rotatable bonds is 24. The summed E-state index contributed by atoms with van der Waals surface area (Å²) < 4.78 is 31.3. The van der Waals surface area contributed by atoms with Gasteiger partial charge in [0, 0.05) is 44.2 Å². The summed E-state index contributed by atoms with van der Waals surface area (Å²) in [6, 6.07) is 4.50. The van der Waals surface area contributed by atoms with E-state index >= 15 is 0 Å². The van der Waals surface area contributed by atoms with Gasteiger partial charge in [0.05, 0.1) is 44.7 Å². The number of benzene rings is 1. The van der Waals surface area contributed by atoms with E-state index in [4.69, 9.17) is 28.5 Å². The monoisotopic (exact) mass is 771 g/mol. The third kappa shape index (κ3) is 10.9. The fourth-order valence-corrected chi connectivity index (χ4v) is 8.16. The van der Waals surface area contributed by atoms with Crippen LogP contribution in [0.1, 0.15) is 76.7 Å². The standard InChI is InChI=1S/C41H61N3O11/c1-5-9-23-51-40(49)44(18-24-50-25-21-47)36-28-34(43-53-8-4)32-26-29(14-10-12-19-45)31(15-11-13-20-46)37-33-27-30(54-39(48)42-7-3)16-17-35(33)55-41(36,38(32)37)52-22-6-2/h5-6,16-17,26-27,29,31,36-38,45-47H,1-2,7-15,18-25,28H2,3-4H3,(H,42,48)/t29-,31+,36-,37+,38+,41+/m0/s1. The van der Waals surface area contributed by atoms with Crippen LogP contribution in [0.3, 0.4) is 0 Å². The van der Waals surface area contributed by atoms with E-state index in [1.807, 2.05) is 19.9 Å². The largest absolute Gasteiger partial charge is 0.459 e. The van der Waals surface area contributed by atoms with E-state index in [1.54, 1.807) is 29.2 Å². The van der Waals surface area contributed by atoms with Crippen molar-refractivity contribution in [3.8, 4) is 11.5 Å². The maximum Gasteiger partial charge on any atom is 0.412 e. The number of fused-ring (bicyclic) bond motifs is 2. The molecule has 1 saturated carbocycles. The Bertz CT molecular complexity index is 1470. The molecule has 1 fully saturated rings. The molecule has 0 radical (unpaired) electrons. The second-order valence-electron chi connectivity index (χ2n) is 13.8. The summed E-state index contributed by atoms with van der Waals surface area (Å²) in [5, 5.41) is 36.4. The van der Waals surface area contributed by atoms with Gasteiger partial charge in [-0.1, -0.05) is 36.2 Å². The molecule has 55 heavy (non-hydrogen) atoms. The van der Waals surface area contributed by atoms with Crippen molar-refractivity contribution < 1.29 is 53.4 Å². The summed E-state index contributed by atoms with van der Waals surface area (Å²) in [4.78, 5) is 34.1. The van der Waals surface area contributed by atoms with Gasteiger partial charge in [0.15, 0.2) is 0 Å². The fourth-order valence-electron chi connectivity index (χ4n) is 8.16. The van der Waals surface area contributed by atoms with Crippen LogP contribution in [0.2, 0.25) is 0 Å². The summed E-state index contributed by atoms with van der Waals surface area (Å²) in [7, 11) is 0. The predicted octanol–water partition coefficient (Wildman–Crippen LogP) is 5.47. The van der Waals surface area contributed by atoms with E-state index in [-0.39, 0.29) is 77.0 Å². The second kappa shape index (κ2) is 22.6. The van der Waals surface area contributed by atoms with Gasteiger partial charge in [0.1, 0.15) is 24.1 Å². The molecule has 4 rings (SSSR count). The minimum Gasteiger partial charge on any atom is -0.459 e. The highest BCUT2D eigenvalue weighted by Gasteiger charge is 2.65. The van der Waals surface area contributed by atoms with Crippen LogP contribution in [0.15, 0.2) is 60.3 Å². The van der Waals surface area contributed by atoms with E-state index in [0.717, 1.165) is 36.8 Å². The highest BCUT2D eigenvalue weighted by Crippen LogP contribution is 2.62. The molecule has 14 nitrogen and oxygen atoms in total. The van der Waals surface area contributed by atoms with Crippen LogP contribution in [0.4, 0.5) is 9.59 Å². The van der Waals surface area contributed by atoms with Crippen molar-refractivity contribution in [1.29, 1.82) is 0 Å². The minimum atomic E-state index is -1.50. The molecule has 0 unspecified atom stereocenters. The molecule has 1 aliphatic heterocycles.